The van der Waals surface area contributed by atoms with E-state index in [9.17, 15) is 4.79 Å². The summed E-state index contributed by atoms with van der Waals surface area (Å²) >= 11 is 0. The van der Waals surface area contributed by atoms with E-state index in [2.05, 4.69) is 9.97 Å². The summed E-state index contributed by atoms with van der Waals surface area (Å²) in [6, 6.07) is 13.5. The van der Waals surface area contributed by atoms with E-state index in [0.29, 0.717) is 5.69 Å². The summed E-state index contributed by atoms with van der Waals surface area (Å²) in [5.74, 6) is -0.0823. The molecule has 1 atom stereocenters. The molecule has 0 spiro atoms. The number of carbonyl (C=O) groups is 1. The molecule has 0 saturated heterocycles. The van der Waals surface area contributed by atoms with E-state index in [0.717, 1.165) is 16.3 Å². The molecule has 1 aromatic carbocycles. The maximum absolute atomic E-state index is 12.8. The fraction of sp³-hybridized carbons (Fsp3) is 0.167. The number of aromatic nitrogens is 2. The number of rotatable bonds is 3. The van der Waals surface area contributed by atoms with Gasteiger partial charge in [0.1, 0.15) is 5.69 Å². The lowest BCUT2D eigenvalue weighted by atomic mass is 10.1. The number of hydrogen-bond acceptors (Lipinski definition) is 3. The highest BCUT2D eigenvalue weighted by atomic mass is 16.2. The van der Waals surface area contributed by atoms with E-state index in [1.54, 1.807) is 30.5 Å². The van der Waals surface area contributed by atoms with Gasteiger partial charge in [0.15, 0.2) is 0 Å². The normalized spacial score (nSPS) is 12.1. The standard InChI is InChI=1S/C18H17N3O/c1-13(14-7-10-19-11-8-14)21(2)18(22)17-16-6-4-3-5-15(16)9-12-20-17/h3-13H,1-2H3/t13-/m1/s1. The minimum atomic E-state index is -0.0823. The average molecular weight is 291 g/mol. The Hall–Kier alpha value is -2.75. The molecule has 0 bridgehead atoms. The molecular weight excluding hydrogens is 274 g/mol. The summed E-state index contributed by atoms with van der Waals surface area (Å²) in [6.07, 6.45) is 5.15. The number of amides is 1. The molecule has 110 valence electrons. The summed E-state index contributed by atoms with van der Waals surface area (Å²) in [5.41, 5.74) is 1.53. The maximum atomic E-state index is 12.8. The third-order valence-electron chi connectivity index (χ3n) is 3.97. The Kier molecular flexibility index (Phi) is 3.83. The lowest BCUT2D eigenvalue weighted by Crippen LogP contribution is -2.30. The van der Waals surface area contributed by atoms with Crippen molar-refractivity contribution in [2.45, 2.75) is 13.0 Å². The third-order valence-corrected chi connectivity index (χ3v) is 3.97. The maximum Gasteiger partial charge on any atom is 0.273 e. The summed E-state index contributed by atoms with van der Waals surface area (Å²) < 4.78 is 0. The zero-order chi connectivity index (χ0) is 15.5. The van der Waals surface area contributed by atoms with Crippen LogP contribution in [0.25, 0.3) is 10.8 Å². The molecule has 1 amide bonds. The van der Waals surface area contributed by atoms with Gasteiger partial charge in [0.2, 0.25) is 0 Å². The zero-order valence-electron chi connectivity index (χ0n) is 12.6. The van der Waals surface area contributed by atoms with Crippen LogP contribution in [0.1, 0.15) is 29.0 Å². The van der Waals surface area contributed by atoms with Gasteiger partial charge in [0, 0.05) is 31.0 Å². The molecule has 0 saturated carbocycles. The monoisotopic (exact) mass is 291 g/mol. The molecule has 0 aliphatic rings. The van der Waals surface area contributed by atoms with Crippen molar-refractivity contribution in [2.24, 2.45) is 0 Å². The second-order valence-electron chi connectivity index (χ2n) is 5.25. The highest BCUT2D eigenvalue weighted by Gasteiger charge is 2.21. The SMILES string of the molecule is C[C@H](c1ccncc1)N(C)C(=O)c1nccc2ccccc12. The molecule has 0 radical (unpaired) electrons. The molecule has 22 heavy (non-hydrogen) atoms. The fourth-order valence-corrected chi connectivity index (χ4v) is 2.50. The first-order chi connectivity index (χ1) is 10.7. The van der Waals surface area contributed by atoms with E-state index in [-0.39, 0.29) is 11.9 Å². The van der Waals surface area contributed by atoms with Crippen molar-refractivity contribution in [3.63, 3.8) is 0 Å². The van der Waals surface area contributed by atoms with Gasteiger partial charge in [-0.25, -0.2) is 0 Å². The van der Waals surface area contributed by atoms with Crippen LogP contribution in [0.5, 0.6) is 0 Å². The highest BCUT2D eigenvalue weighted by Crippen LogP contribution is 2.23. The predicted molar refractivity (Wildman–Crippen MR) is 86.5 cm³/mol. The number of hydrogen-bond donors (Lipinski definition) is 0. The van der Waals surface area contributed by atoms with Crippen molar-refractivity contribution < 1.29 is 4.79 Å². The topological polar surface area (TPSA) is 46.1 Å². The lowest BCUT2D eigenvalue weighted by Gasteiger charge is -2.25. The minimum absolute atomic E-state index is 0.0451. The van der Waals surface area contributed by atoms with Crippen molar-refractivity contribution in [3.05, 3.63) is 72.3 Å². The molecule has 4 nitrogen and oxygen atoms in total. The molecule has 0 N–H and O–H groups in total. The highest BCUT2D eigenvalue weighted by molar-refractivity contribution is 6.05. The molecule has 0 aliphatic carbocycles. The lowest BCUT2D eigenvalue weighted by molar-refractivity contribution is 0.0739. The second kappa shape index (κ2) is 5.93. The van der Waals surface area contributed by atoms with Gasteiger partial charge in [-0.05, 0) is 36.1 Å². The number of fused-ring (bicyclic) bond motifs is 1. The van der Waals surface area contributed by atoms with Crippen LogP contribution in [-0.2, 0) is 0 Å². The fourth-order valence-electron chi connectivity index (χ4n) is 2.50. The van der Waals surface area contributed by atoms with Gasteiger partial charge >= 0.3 is 0 Å². The number of nitrogens with zero attached hydrogens (tertiary/aromatic N) is 3. The zero-order valence-corrected chi connectivity index (χ0v) is 12.6. The van der Waals surface area contributed by atoms with E-state index in [1.165, 1.54) is 0 Å². The molecule has 0 fully saturated rings. The minimum Gasteiger partial charge on any atom is -0.334 e. The molecule has 2 heterocycles. The smallest absolute Gasteiger partial charge is 0.273 e. The van der Waals surface area contributed by atoms with Crippen molar-refractivity contribution in [1.29, 1.82) is 0 Å². The summed E-state index contributed by atoms with van der Waals surface area (Å²) in [7, 11) is 1.80. The molecule has 3 rings (SSSR count). The van der Waals surface area contributed by atoms with Crippen LogP contribution in [0.4, 0.5) is 0 Å². The van der Waals surface area contributed by atoms with Crippen LogP contribution in [0.3, 0.4) is 0 Å². The number of carbonyl (C=O) groups excluding carboxylic acids is 1. The summed E-state index contributed by atoms with van der Waals surface area (Å²) in [4.78, 5) is 22.8. The predicted octanol–water partition coefficient (Wildman–Crippen LogP) is 3.46. The van der Waals surface area contributed by atoms with Gasteiger partial charge in [-0.2, -0.15) is 0 Å². The van der Waals surface area contributed by atoms with Crippen LogP contribution in [0.2, 0.25) is 0 Å². The second-order valence-corrected chi connectivity index (χ2v) is 5.25. The largest absolute Gasteiger partial charge is 0.334 e. The van der Waals surface area contributed by atoms with Crippen molar-refractivity contribution >= 4 is 16.7 Å². The summed E-state index contributed by atoms with van der Waals surface area (Å²) in [5, 5.41) is 1.90. The Morgan fingerprint density at radius 3 is 2.55 bits per heavy atom. The van der Waals surface area contributed by atoms with Crippen molar-refractivity contribution in [1.82, 2.24) is 14.9 Å². The van der Waals surface area contributed by atoms with Crippen molar-refractivity contribution in [2.75, 3.05) is 7.05 Å². The van der Waals surface area contributed by atoms with Gasteiger partial charge in [-0.15, -0.1) is 0 Å². The van der Waals surface area contributed by atoms with E-state index in [4.69, 9.17) is 0 Å². The third kappa shape index (κ3) is 2.55. The Bertz CT molecular complexity index is 796. The van der Waals surface area contributed by atoms with E-state index >= 15 is 0 Å². The first-order valence-electron chi connectivity index (χ1n) is 7.19. The van der Waals surface area contributed by atoms with Crippen LogP contribution in [0, 0.1) is 0 Å². The van der Waals surface area contributed by atoms with Crippen LogP contribution >= 0.6 is 0 Å². The van der Waals surface area contributed by atoms with E-state index < -0.39 is 0 Å². The number of pyridine rings is 2. The molecular formula is C18H17N3O. The Morgan fingerprint density at radius 1 is 1.05 bits per heavy atom. The van der Waals surface area contributed by atoms with E-state index in [1.807, 2.05) is 49.4 Å². The average Bonchev–Trinajstić information content (AvgIpc) is 2.60. The molecule has 0 unspecified atom stereocenters. The van der Waals surface area contributed by atoms with Crippen LogP contribution < -0.4 is 0 Å². The quantitative estimate of drug-likeness (QED) is 0.742. The molecule has 2 aromatic heterocycles. The summed E-state index contributed by atoms with van der Waals surface area (Å²) in [6.45, 7) is 2.00. The van der Waals surface area contributed by atoms with Crippen LogP contribution in [-0.4, -0.2) is 27.8 Å². The first-order valence-corrected chi connectivity index (χ1v) is 7.19. The van der Waals surface area contributed by atoms with Gasteiger partial charge in [0.05, 0.1) is 6.04 Å². The molecule has 3 aromatic rings. The molecule has 0 aliphatic heterocycles. The Morgan fingerprint density at radius 2 is 1.77 bits per heavy atom. The Balaban J connectivity index is 1.96. The Labute approximate surface area is 129 Å². The molecule has 4 heteroatoms. The number of benzene rings is 1. The van der Waals surface area contributed by atoms with Crippen molar-refractivity contribution in [3.8, 4) is 0 Å². The van der Waals surface area contributed by atoms with Crippen LogP contribution in [0.15, 0.2) is 61.1 Å². The van der Waals surface area contributed by atoms with Gasteiger partial charge in [-0.3, -0.25) is 14.8 Å². The van der Waals surface area contributed by atoms with Gasteiger partial charge < -0.3 is 4.90 Å². The first kappa shape index (κ1) is 14.2. The van der Waals surface area contributed by atoms with Gasteiger partial charge in [-0.1, -0.05) is 24.3 Å². The van der Waals surface area contributed by atoms with Gasteiger partial charge in [0.25, 0.3) is 5.91 Å².